The van der Waals surface area contributed by atoms with E-state index in [-0.39, 0.29) is 0 Å². The molecule has 0 saturated carbocycles. The van der Waals surface area contributed by atoms with E-state index in [1.165, 1.54) is 35.3 Å². The Labute approximate surface area is 145 Å². The first-order chi connectivity index (χ1) is 11.7. The van der Waals surface area contributed by atoms with E-state index < -0.39 is 0 Å². The van der Waals surface area contributed by atoms with Gasteiger partial charge in [0.25, 0.3) is 5.78 Å². The minimum absolute atomic E-state index is 0.375. The molecule has 0 saturated heterocycles. The smallest absolute Gasteiger partial charge is 0.276 e. The summed E-state index contributed by atoms with van der Waals surface area (Å²) in [4.78, 5) is 8.97. The lowest BCUT2D eigenvalue weighted by Crippen LogP contribution is -3.11. The second-order valence-electron chi connectivity index (χ2n) is 6.67. The Kier molecular flexibility index (Phi) is 4.09. The van der Waals surface area contributed by atoms with Crippen molar-refractivity contribution >= 4 is 33.1 Å². The van der Waals surface area contributed by atoms with Gasteiger partial charge in [-0.15, -0.1) is 11.3 Å². The number of nitrogens with zero attached hydrogens (tertiary/aromatic N) is 5. The van der Waals surface area contributed by atoms with Gasteiger partial charge in [-0.25, -0.2) is 0 Å². The van der Waals surface area contributed by atoms with Crippen molar-refractivity contribution in [3.63, 3.8) is 0 Å². The van der Waals surface area contributed by atoms with Gasteiger partial charge < -0.3 is 10.2 Å². The molecule has 2 atom stereocenters. The molecule has 2 N–H and O–H groups in total. The number of anilines is 1. The largest absolute Gasteiger partial charge is 0.367 e. The van der Waals surface area contributed by atoms with Crippen LogP contribution in [0.25, 0.3) is 16.0 Å². The van der Waals surface area contributed by atoms with Gasteiger partial charge >= 0.3 is 0 Å². The molecule has 128 valence electrons. The fourth-order valence-electron chi connectivity index (χ4n) is 3.46. The van der Waals surface area contributed by atoms with E-state index in [2.05, 4.69) is 41.6 Å². The fourth-order valence-corrected chi connectivity index (χ4v) is 4.83. The molecule has 3 aromatic heterocycles. The van der Waals surface area contributed by atoms with Gasteiger partial charge in [0, 0.05) is 12.5 Å². The van der Waals surface area contributed by atoms with Gasteiger partial charge in [0.15, 0.2) is 0 Å². The standard InChI is InChI=1S/C16H23N7S/c1-4-7-22-8-6-11-12(9-22)24-15-13(11)14(17-10(3)5-2)18-16-19-20-21-23(15)16/h10H,4-9H2,1-3H3,(H,17,18,19,21)/p+1/t10-/m1/s1. The number of quaternary nitrogens is 1. The van der Waals surface area contributed by atoms with Crippen LogP contribution in [-0.4, -0.2) is 44.2 Å². The van der Waals surface area contributed by atoms with Crippen LogP contribution < -0.4 is 10.2 Å². The Morgan fingerprint density at radius 1 is 1.38 bits per heavy atom. The summed E-state index contributed by atoms with van der Waals surface area (Å²) >= 11 is 1.83. The molecule has 0 spiro atoms. The Hall–Kier alpha value is -1.80. The third-order valence-electron chi connectivity index (χ3n) is 4.90. The van der Waals surface area contributed by atoms with Crippen LogP contribution in [-0.2, 0) is 13.0 Å². The molecule has 1 aliphatic rings. The SMILES string of the molecule is CCC[NH+]1CCc2c(sc3c2c(N[C@H](C)CC)nc2nnnn23)C1. The Bertz CT molecular complexity index is 868. The van der Waals surface area contributed by atoms with E-state index in [9.17, 15) is 0 Å². The minimum Gasteiger partial charge on any atom is -0.367 e. The molecule has 0 radical (unpaired) electrons. The molecule has 4 heterocycles. The average molecular weight is 346 g/mol. The molecule has 0 fully saturated rings. The molecule has 1 unspecified atom stereocenters. The zero-order chi connectivity index (χ0) is 16.7. The monoisotopic (exact) mass is 346 g/mol. The average Bonchev–Trinajstić information content (AvgIpc) is 3.18. The lowest BCUT2D eigenvalue weighted by molar-refractivity contribution is -0.915. The summed E-state index contributed by atoms with van der Waals surface area (Å²) in [5, 5.41) is 16.8. The summed E-state index contributed by atoms with van der Waals surface area (Å²) in [5.74, 6) is 1.52. The normalized spacial score (nSPS) is 18.9. The van der Waals surface area contributed by atoms with Crippen molar-refractivity contribution in [2.75, 3.05) is 18.4 Å². The van der Waals surface area contributed by atoms with Crippen LogP contribution in [0.3, 0.4) is 0 Å². The lowest BCUT2D eigenvalue weighted by atomic mass is 10.0. The van der Waals surface area contributed by atoms with Crippen molar-refractivity contribution in [3.8, 4) is 0 Å². The maximum Gasteiger partial charge on any atom is 0.276 e. The zero-order valence-electron chi connectivity index (χ0n) is 14.5. The Morgan fingerprint density at radius 2 is 2.25 bits per heavy atom. The zero-order valence-corrected chi connectivity index (χ0v) is 15.3. The fraction of sp³-hybridized carbons (Fsp3) is 0.625. The summed E-state index contributed by atoms with van der Waals surface area (Å²) in [6, 6.07) is 0.375. The van der Waals surface area contributed by atoms with Gasteiger partial charge in [-0.1, -0.05) is 18.9 Å². The van der Waals surface area contributed by atoms with Crippen LogP contribution in [0.5, 0.6) is 0 Å². The predicted octanol–water partition coefficient (Wildman–Crippen LogP) is 1.30. The highest BCUT2D eigenvalue weighted by atomic mass is 32.1. The van der Waals surface area contributed by atoms with Crippen molar-refractivity contribution in [3.05, 3.63) is 10.4 Å². The molecule has 0 bridgehead atoms. The molecule has 0 amide bonds. The summed E-state index contributed by atoms with van der Waals surface area (Å²) in [6.07, 6.45) is 3.39. The van der Waals surface area contributed by atoms with E-state index >= 15 is 0 Å². The van der Waals surface area contributed by atoms with Crippen molar-refractivity contribution < 1.29 is 4.90 Å². The number of tetrazole rings is 1. The predicted molar refractivity (Wildman–Crippen MR) is 95.7 cm³/mol. The molecular formula is C16H24N7S+. The van der Waals surface area contributed by atoms with Crippen LogP contribution in [0.4, 0.5) is 5.82 Å². The van der Waals surface area contributed by atoms with E-state index in [1.807, 2.05) is 11.3 Å². The van der Waals surface area contributed by atoms with E-state index in [1.54, 1.807) is 9.42 Å². The minimum atomic E-state index is 0.375. The number of hydrogen-bond acceptors (Lipinski definition) is 6. The van der Waals surface area contributed by atoms with Gasteiger partial charge in [0.2, 0.25) is 0 Å². The Balaban J connectivity index is 1.88. The third-order valence-corrected chi connectivity index (χ3v) is 6.11. The van der Waals surface area contributed by atoms with Gasteiger partial charge in [0.05, 0.1) is 23.4 Å². The first kappa shape index (κ1) is 15.7. The quantitative estimate of drug-likeness (QED) is 0.728. The highest BCUT2D eigenvalue weighted by Gasteiger charge is 2.27. The Morgan fingerprint density at radius 3 is 3.04 bits per heavy atom. The highest BCUT2D eigenvalue weighted by Crippen LogP contribution is 2.36. The molecular weight excluding hydrogens is 322 g/mol. The molecule has 7 nitrogen and oxygen atoms in total. The topological polar surface area (TPSA) is 72.4 Å². The maximum absolute atomic E-state index is 4.70. The van der Waals surface area contributed by atoms with Gasteiger partial charge in [-0.05, 0) is 35.8 Å². The van der Waals surface area contributed by atoms with Gasteiger partial charge in [0.1, 0.15) is 17.2 Å². The molecule has 4 rings (SSSR count). The first-order valence-electron chi connectivity index (χ1n) is 8.83. The number of nitrogens with one attached hydrogen (secondary N) is 2. The van der Waals surface area contributed by atoms with Gasteiger partial charge in [-0.2, -0.15) is 9.50 Å². The number of aromatic nitrogens is 5. The van der Waals surface area contributed by atoms with E-state index in [0.717, 1.165) is 30.0 Å². The van der Waals surface area contributed by atoms with Crippen LogP contribution in [0, 0.1) is 0 Å². The number of rotatable bonds is 5. The molecule has 8 heteroatoms. The summed E-state index contributed by atoms with van der Waals surface area (Å²) in [6.45, 7) is 10.2. The number of fused-ring (bicyclic) bond motifs is 5. The molecule has 0 aromatic carbocycles. The van der Waals surface area contributed by atoms with Crippen LogP contribution in [0.2, 0.25) is 0 Å². The van der Waals surface area contributed by atoms with Crippen molar-refractivity contribution in [2.24, 2.45) is 0 Å². The summed E-state index contributed by atoms with van der Waals surface area (Å²) < 4.78 is 1.79. The summed E-state index contributed by atoms with van der Waals surface area (Å²) in [7, 11) is 0. The molecule has 0 aliphatic carbocycles. The maximum atomic E-state index is 4.70. The third kappa shape index (κ3) is 2.53. The van der Waals surface area contributed by atoms with Crippen LogP contribution in [0.15, 0.2) is 0 Å². The summed E-state index contributed by atoms with van der Waals surface area (Å²) in [5.41, 5.74) is 1.45. The highest BCUT2D eigenvalue weighted by molar-refractivity contribution is 7.19. The first-order valence-corrected chi connectivity index (χ1v) is 9.65. The second kappa shape index (κ2) is 6.25. The van der Waals surface area contributed by atoms with Crippen LogP contribution in [0.1, 0.15) is 44.1 Å². The number of hydrogen-bond donors (Lipinski definition) is 2. The van der Waals surface area contributed by atoms with Gasteiger partial charge in [-0.3, -0.25) is 0 Å². The van der Waals surface area contributed by atoms with E-state index in [0.29, 0.717) is 11.8 Å². The molecule has 1 aliphatic heterocycles. The van der Waals surface area contributed by atoms with Crippen molar-refractivity contribution in [1.29, 1.82) is 0 Å². The number of thiophene rings is 1. The van der Waals surface area contributed by atoms with Crippen molar-refractivity contribution in [2.45, 2.75) is 52.6 Å². The second-order valence-corrected chi connectivity index (χ2v) is 7.75. The van der Waals surface area contributed by atoms with Crippen LogP contribution >= 0.6 is 11.3 Å². The molecule has 24 heavy (non-hydrogen) atoms. The molecule has 3 aromatic rings. The van der Waals surface area contributed by atoms with E-state index in [4.69, 9.17) is 4.98 Å². The van der Waals surface area contributed by atoms with Crippen molar-refractivity contribution in [1.82, 2.24) is 25.0 Å². The lowest BCUT2D eigenvalue weighted by Gasteiger charge is -2.23.